The molecule has 92 valence electrons. The largest absolute Gasteiger partial charge is 0.316 e. The first-order chi connectivity index (χ1) is 8.93. The fraction of sp³-hybridized carbons (Fsp3) is 0.333. The number of piperidine rings is 1. The van der Waals surface area contributed by atoms with E-state index in [2.05, 4.69) is 27.4 Å². The summed E-state index contributed by atoms with van der Waals surface area (Å²) in [6, 6.07) is 10.3. The van der Waals surface area contributed by atoms with Gasteiger partial charge >= 0.3 is 0 Å². The van der Waals surface area contributed by atoms with Gasteiger partial charge in [0.25, 0.3) is 0 Å². The summed E-state index contributed by atoms with van der Waals surface area (Å²) < 4.78 is 0. The minimum absolute atomic E-state index is 0.476. The average molecular weight is 239 g/mol. The van der Waals surface area contributed by atoms with E-state index in [1.165, 1.54) is 18.4 Å². The van der Waals surface area contributed by atoms with Crippen molar-refractivity contribution in [2.24, 2.45) is 0 Å². The molecule has 3 heteroatoms. The summed E-state index contributed by atoms with van der Waals surface area (Å²) in [5.41, 5.74) is 2.26. The average Bonchev–Trinajstić information content (AvgIpc) is 2.49. The summed E-state index contributed by atoms with van der Waals surface area (Å²) in [5, 5.41) is 3.40. The third-order valence-electron chi connectivity index (χ3n) is 3.44. The molecular formula is C15H17N3. The van der Waals surface area contributed by atoms with Gasteiger partial charge in [-0.2, -0.15) is 0 Å². The monoisotopic (exact) mass is 239 g/mol. The first-order valence-corrected chi connectivity index (χ1v) is 6.51. The van der Waals surface area contributed by atoms with Gasteiger partial charge in [-0.05, 0) is 24.9 Å². The van der Waals surface area contributed by atoms with Gasteiger partial charge < -0.3 is 5.32 Å². The van der Waals surface area contributed by atoms with Crippen LogP contribution in [0.4, 0.5) is 0 Å². The van der Waals surface area contributed by atoms with Crippen molar-refractivity contribution in [3.63, 3.8) is 0 Å². The Labute approximate surface area is 107 Å². The molecule has 1 unspecified atom stereocenters. The van der Waals surface area contributed by atoms with E-state index in [0.717, 1.165) is 24.5 Å². The van der Waals surface area contributed by atoms with Gasteiger partial charge in [0, 0.05) is 30.4 Å². The Balaban J connectivity index is 1.80. The number of hydrogen-bond acceptors (Lipinski definition) is 3. The van der Waals surface area contributed by atoms with Crippen LogP contribution in [0.15, 0.2) is 42.7 Å². The van der Waals surface area contributed by atoms with Crippen molar-refractivity contribution in [2.45, 2.75) is 18.8 Å². The highest BCUT2D eigenvalue weighted by Gasteiger charge is 2.17. The summed E-state index contributed by atoms with van der Waals surface area (Å²) >= 11 is 0. The smallest absolute Gasteiger partial charge is 0.132 e. The molecule has 1 aliphatic rings. The Kier molecular flexibility index (Phi) is 3.33. The number of benzene rings is 1. The number of nitrogens with one attached hydrogen (secondary N) is 1. The fourth-order valence-electron chi connectivity index (χ4n) is 2.40. The molecular weight excluding hydrogens is 222 g/mol. The molecule has 1 aromatic heterocycles. The molecule has 0 amide bonds. The van der Waals surface area contributed by atoms with Crippen LogP contribution in [0.25, 0.3) is 11.1 Å². The van der Waals surface area contributed by atoms with Crippen molar-refractivity contribution in [1.29, 1.82) is 0 Å². The van der Waals surface area contributed by atoms with Crippen LogP contribution >= 0.6 is 0 Å². The maximum Gasteiger partial charge on any atom is 0.132 e. The third-order valence-corrected chi connectivity index (χ3v) is 3.44. The summed E-state index contributed by atoms with van der Waals surface area (Å²) in [6.45, 7) is 2.13. The zero-order chi connectivity index (χ0) is 12.2. The molecule has 1 aliphatic heterocycles. The standard InChI is InChI=1S/C15H17N3/c1-2-5-12(6-3-1)14-10-17-15(18-11-14)13-7-4-8-16-9-13/h1-3,5-6,10-11,13,16H,4,7-9H2. The summed E-state index contributed by atoms with van der Waals surface area (Å²) in [4.78, 5) is 9.06. The highest BCUT2D eigenvalue weighted by molar-refractivity contribution is 5.60. The van der Waals surface area contributed by atoms with Crippen molar-refractivity contribution in [2.75, 3.05) is 13.1 Å². The van der Waals surface area contributed by atoms with Crippen LogP contribution in [0.2, 0.25) is 0 Å². The van der Waals surface area contributed by atoms with Crippen molar-refractivity contribution in [3.05, 3.63) is 48.5 Å². The molecule has 3 rings (SSSR count). The Morgan fingerprint density at radius 2 is 1.78 bits per heavy atom. The zero-order valence-corrected chi connectivity index (χ0v) is 10.3. The van der Waals surface area contributed by atoms with Crippen LogP contribution in [0.3, 0.4) is 0 Å². The summed E-state index contributed by atoms with van der Waals surface area (Å²) in [5.74, 6) is 1.45. The SMILES string of the molecule is c1ccc(-c2cnc(C3CCCNC3)nc2)cc1. The lowest BCUT2D eigenvalue weighted by Crippen LogP contribution is -2.29. The number of nitrogens with zero attached hydrogens (tertiary/aromatic N) is 2. The Morgan fingerprint density at radius 3 is 2.44 bits per heavy atom. The van der Waals surface area contributed by atoms with Gasteiger partial charge in [0.1, 0.15) is 5.82 Å². The molecule has 0 saturated carbocycles. The van der Waals surface area contributed by atoms with Gasteiger partial charge in [-0.15, -0.1) is 0 Å². The van der Waals surface area contributed by atoms with E-state index in [0.29, 0.717) is 5.92 Å². The molecule has 0 bridgehead atoms. The van der Waals surface area contributed by atoms with Crippen LogP contribution in [0, 0.1) is 0 Å². The molecule has 1 saturated heterocycles. The van der Waals surface area contributed by atoms with Crippen molar-refractivity contribution < 1.29 is 0 Å². The van der Waals surface area contributed by atoms with Crippen molar-refractivity contribution >= 4 is 0 Å². The fourth-order valence-corrected chi connectivity index (χ4v) is 2.40. The minimum atomic E-state index is 0.476. The van der Waals surface area contributed by atoms with Crippen LogP contribution in [0.1, 0.15) is 24.6 Å². The Hall–Kier alpha value is -1.74. The van der Waals surface area contributed by atoms with E-state index in [4.69, 9.17) is 0 Å². The normalized spacial score (nSPS) is 19.7. The van der Waals surface area contributed by atoms with Gasteiger partial charge in [-0.3, -0.25) is 0 Å². The van der Waals surface area contributed by atoms with Gasteiger partial charge in [0.05, 0.1) is 0 Å². The zero-order valence-electron chi connectivity index (χ0n) is 10.3. The first-order valence-electron chi connectivity index (χ1n) is 6.51. The second-order valence-electron chi connectivity index (χ2n) is 4.74. The molecule has 0 spiro atoms. The molecule has 2 aromatic rings. The quantitative estimate of drug-likeness (QED) is 0.875. The van der Waals surface area contributed by atoms with Crippen LogP contribution < -0.4 is 5.32 Å². The second kappa shape index (κ2) is 5.27. The lowest BCUT2D eigenvalue weighted by atomic mass is 9.99. The molecule has 1 atom stereocenters. The topological polar surface area (TPSA) is 37.8 Å². The van der Waals surface area contributed by atoms with E-state index in [1.54, 1.807) is 0 Å². The molecule has 0 radical (unpaired) electrons. The van der Waals surface area contributed by atoms with E-state index >= 15 is 0 Å². The third kappa shape index (κ3) is 2.41. The number of hydrogen-bond donors (Lipinski definition) is 1. The minimum Gasteiger partial charge on any atom is -0.316 e. The van der Waals surface area contributed by atoms with Crippen molar-refractivity contribution in [3.8, 4) is 11.1 Å². The van der Waals surface area contributed by atoms with E-state index in [-0.39, 0.29) is 0 Å². The van der Waals surface area contributed by atoms with E-state index in [9.17, 15) is 0 Å². The van der Waals surface area contributed by atoms with Gasteiger partial charge in [0.15, 0.2) is 0 Å². The van der Waals surface area contributed by atoms with Crippen LogP contribution in [-0.2, 0) is 0 Å². The Bertz CT molecular complexity index is 487. The van der Waals surface area contributed by atoms with Crippen molar-refractivity contribution in [1.82, 2.24) is 15.3 Å². The number of aromatic nitrogens is 2. The second-order valence-corrected chi connectivity index (χ2v) is 4.74. The summed E-state index contributed by atoms with van der Waals surface area (Å²) in [7, 11) is 0. The van der Waals surface area contributed by atoms with Crippen LogP contribution in [-0.4, -0.2) is 23.1 Å². The van der Waals surface area contributed by atoms with E-state index < -0.39 is 0 Å². The van der Waals surface area contributed by atoms with Gasteiger partial charge in [-0.1, -0.05) is 30.3 Å². The van der Waals surface area contributed by atoms with Gasteiger partial charge in [-0.25, -0.2) is 9.97 Å². The first kappa shape index (κ1) is 11.4. The maximum atomic E-state index is 4.53. The highest BCUT2D eigenvalue weighted by Crippen LogP contribution is 2.22. The van der Waals surface area contributed by atoms with E-state index in [1.807, 2.05) is 30.6 Å². The molecule has 18 heavy (non-hydrogen) atoms. The molecule has 1 N–H and O–H groups in total. The molecule has 1 fully saturated rings. The Morgan fingerprint density at radius 1 is 1.00 bits per heavy atom. The molecule has 1 aromatic carbocycles. The highest BCUT2D eigenvalue weighted by atomic mass is 14.9. The number of rotatable bonds is 2. The predicted molar refractivity (Wildman–Crippen MR) is 72.3 cm³/mol. The molecule has 0 aliphatic carbocycles. The molecule has 3 nitrogen and oxygen atoms in total. The lowest BCUT2D eigenvalue weighted by Gasteiger charge is -2.21. The van der Waals surface area contributed by atoms with Gasteiger partial charge in [0.2, 0.25) is 0 Å². The molecule has 2 heterocycles. The lowest BCUT2D eigenvalue weighted by molar-refractivity contribution is 0.446. The predicted octanol–water partition coefficient (Wildman–Crippen LogP) is 2.61. The van der Waals surface area contributed by atoms with Crippen LogP contribution in [0.5, 0.6) is 0 Å². The maximum absolute atomic E-state index is 4.53. The summed E-state index contributed by atoms with van der Waals surface area (Å²) in [6.07, 6.45) is 6.28.